The summed E-state index contributed by atoms with van der Waals surface area (Å²) in [7, 11) is 0. The number of ether oxygens (including phenoxy) is 4. The monoisotopic (exact) mass is 1010 g/mol. The van der Waals surface area contributed by atoms with Gasteiger partial charge in [-0.25, -0.2) is 0 Å². The standard InChI is InChI=1S/C57H105NO13/c1-3-5-7-9-11-13-15-17-19-21-22-23-25-26-28-30-32-34-36-38-40-46(61)45(58-49(62)41-39-37-35-33-31-29-27-24-20-18-16-14-12-10-8-6-4-2)44-68-56-54(67)52(65)55(48(43-60)70-56)71-57-53(66)51(64)50(63)47(42-59)69-57/h23,25,30,32,38,40,45-48,50-57,59-61,63-67H,3-22,24,26-29,31,33-37,39,41-44H2,1-2H3,(H,58,62)/b25-23+,32-30+,40-38+. The molecular formula is C57H105NO13. The maximum Gasteiger partial charge on any atom is 0.220 e. The van der Waals surface area contributed by atoms with Gasteiger partial charge in [0.15, 0.2) is 12.6 Å². The SMILES string of the molecule is CCCCCCCCCCCC/C=C/CC/C=C/CC/C=C/C(O)C(COC1OC(CO)C(OC2OC(CO)C(O)C(O)C2O)C(O)C1O)NC(=O)CCCCCCCCCCCCCCCCCCC. The number of carbonyl (C=O) groups is 1. The van der Waals surface area contributed by atoms with Crippen LogP contribution in [0.15, 0.2) is 36.5 Å². The highest BCUT2D eigenvalue weighted by Crippen LogP contribution is 2.30. The van der Waals surface area contributed by atoms with Crippen LogP contribution in [0.5, 0.6) is 0 Å². The summed E-state index contributed by atoms with van der Waals surface area (Å²) in [6.45, 7) is 2.78. The van der Waals surface area contributed by atoms with Crippen molar-refractivity contribution >= 4 is 5.91 Å². The van der Waals surface area contributed by atoms with E-state index in [1.54, 1.807) is 6.08 Å². The van der Waals surface area contributed by atoms with Crippen LogP contribution in [0.1, 0.15) is 226 Å². The molecule has 0 spiro atoms. The third kappa shape index (κ3) is 29.8. The van der Waals surface area contributed by atoms with E-state index >= 15 is 0 Å². The molecule has 2 aliphatic rings. The van der Waals surface area contributed by atoms with Crippen molar-refractivity contribution in [1.29, 1.82) is 0 Å². The Morgan fingerprint density at radius 3 is 1.38 bits per heavy atom. The third-order valence-electron chi connectivity index (χ3n) is 14.1. The number of hydrogen-bond acceptors (Lipinski definition) is 13. The topological polar surface area (TPSA) is 228 Å². The molecular weight excluding hydrogens is 907 g/mol. The first-order valence-electron chi connectivity index (χ1n) is 28.7. The Labute approximate surface area is 430 Å². The molecule has 12 unspecified atom stereocenters. The first-order chi connectivity index (χ1) is 34.6. The van der Waals surface area contributed by atoms with Crippen LogP contribution in [0.25, 0.3) is 0 Å². The second kappa shape index (κ2) is 43.4. The Morgan fingerprint density at radius 2 is 0.901 bits per heavy atom. The Bertz CT molecular complexity index is 1330. The highest BCUT2D eigenvalue weighted by atomic mass is 16.7. The molecule has 0 aromatic heterocycles. The van der Waals surface area contributed by atoms with Gasteiger partial charge < -0.3 is 65.1 Å². The summed E-state index contributed by atoms with van der Waals surface area (Å²) in [4.78, 5) is 13.2. The molecule has 0 bridgehead atoms. The van der Waals surface area contributed by atoms with Crippen molar-refractivity contribution in [3.63, 3.8) is 0 Å². The molecule has 2 aliphatic heterocycles. The highest BCUT2D eigenvalue weighted by molar-refractivity contribution is 5.76. The summed E-state index contributed by atoms with van der Waals surface area (Å²) < 4.78 is 22.7. The van der Waals surface area contributed by atoms with Crippen molar-refractivity contribution < 1.29 is 64.6 Å². The van der Waals surface area contributed by atoms with E-state index in [2.05, 4.69) is 43.5 Å². The van der Waals surface area contributed by atoms with Gasteiger partial charge in [0.1, 0.15) is 48.8 Å². The average Bonchev–Trinajstić information content (AvgIpc) is 3.37. The van der Waals surface area contributed by atoms with Crippen molar-refractivity contribution in [2.24, 2.45) is 0 Å². The zero-order valence-corrected chi connectivity index (χ0v) is 44.5. The summed E-state index contributed by atoms with van der Waals surface area (Å²) in [5, 5.41) is 87.0. The normalized spacial score (nSPS) is 26.0. The van der Waals surface area contributed by atoms with Gasteiger partial charge in [-0.05, 0) is 44.9 Å². The highest BCUT2D eigenvalue weighted by Gasteiger charge is 2.51. The van der Waals surface area contributed by atoms with E-state index < -0.39 is 86.8 Å². The number of rotatable bonds is 45. The van der Waals surface area contributed by atoms with Gasteiger partial charge in [-0.1, -0.05) is 211 Å². The lowest BCUT2D eigenvalue weighted by Gasteiger charge is -2.46. The van der Waals surface area contributed by atoms with Gasteiger partial charge in [0, 0.05) is 6.42 Å². The van der Waals surface area contributed by atoms with Crippen molar-refractivity contribution in [2.45, 2.75) is 299 Å². The van der Waals surface area contributed by atoms with Crippen molar-refractivity contribution in [2.75, 3.05) is 19.8 Å². The van der Waals surface area contributed by atoms with E-state index in [1.807, 2.05) is 6.08 Å². The van der Waals surface area contributed by atoms with Gasteiger partial charge in [0.05, 0.1) is 32.0 Å². The molecule has 2 heterocycles. The zero-order valence-electron chi connectivity index (χ0n) is 44.5. The van der Waals surface area contributed by atoms with Gasteiger partial charge >= 0.3 is 0 Å². The minimum absolute atomic E-state index is 0.251. The number of aliphatic hydroxyl groups excluding tert-OH is 8. The number of amides is 1. The van der Waals surface area contributed by atoms with Crippen LogP contribution in [-0.2, 0) is 23.7 Å². The van der Waals surface area contributed by atoms with Crippen LogP contribution in [0.2, 0.25) is 0 Å². The minimum Gasteiger partial charge on any atom is -0.394 e. The van der Waals surface area contributed by atoms with Crippen LogP contribution in [0.4, 0.5) is 0 Å². The van der Waals surface area contributed by atoms with Crippen LogP contribution in [-0.4, -0.2) is 140 Å². The molecule has 2 fully saturated rings. The van der Waals surface area contributed by atoms with Gasteiger partial charge in [-0.3, -0.25) is 4.79 Å². The van der Waals surface area contributed by atoms with E-state index in [4.69, 9.17) is 18.9 Å². The van der Waals surface area contributed by atoms with E-state index in [0.717, 1.165) is 44.9 Å². The fourth-order valence-electron chi connectivity index (χ4n) is 9.38. The number of allylic oxidation sites excluding steroid dienone is 5. The largest absolute Gasteiger partial charge is 0.394 e. The van der Waals surface area contributed by atoms with Crippen molar-refractivity contribution in [3.8, 4) is 0 Å². The quantitative estimate of drug-likeness (QED) is 0.0205. The van der Waals surface area contributed by atoms with Gasteiger partial charge in [0.25, 0.3) is 0 Å². The zero-order chi connectivity index (χ0) is 51.7. The van der Waals surface area contributed by atoms with Gasteiger partial charge in [-0.15, -0.1) is 0 Å². The van der Waals surface area contributed by atoms with E-state index in [0.29, 0.717) is 12.8 Å². The molecule has 2 saturated heterocycles. The molecule has 14 heteroatoms. The Hall–Kier alpha value is -1.79. The molecule has 416 valence electrons. The lowest BCUT2D eigenvalue weighted by molar-refractivity contribution is -0.359. The summed E-state index contributed by atoms with van der Waals surface area (Å²) in [6.07, 6.45) is 34.7. The van der Waals surface area contributed by atoms with Crippen LogP contribution < -0.4 is 5.32 Å². The van der Waals surface area contributed by atoms with E-state index in [-0.39, 0.29) is 18.9 Å². The van der Waals surface area contributed by atoms with Crippen molar-refractivity contribution in [3.05, 3.63) is 36.5 Å². The summed E-state index contributed by atoms with van der Waals surface area (Å²) in [5.41, 5.74) is 0. The molecule has 71 heavy (non-hydrogen) atoms. The van der Waals surface area contributed by atoms with Gasteiger partial charge in [-0.2, -0.15) is 0 Å². The first kappa shape index (κ1) is 65.3. The predicted octanol–water partition coefficient (Wildman–Crippen LogP) is 9.05. The molecule has 0 aliphatic carbocycles. The molecule has 14 nitrogen and oxygen atoms in total. The number of nitrogens with one attached hydrogen (secondary N) is 1. The maximum absolute atomic E-state index is 13.2. The minimum atomic E-state index is -1.79. The molecule has 0 aromatic rings. The Kier molecular flexibility index (Phi) is 40.0. The molecule has 0 radical (unpaired) electrons. The second-order valence-electron chi connectivity index (χ2n) is 20.4. The number of aliphatic hydroxyl groups is 8. The van der Waals surface area contributed by atoms with Crippen molar-refractivity contribution in [1.82, 2.24) is 5.32 Å². The molecule has 1 amide bonds. The summed E-state index contributed by atoms with van der Waals surface area (Å²) >= 11 is 0. The van der Waals surface area contributed by atoms with Gasteiger partial charge in [0.2, 0.25) is 5.91 Å². The molecule has 12 atom stereocenters. The smallest absolute Gasteiger partial charge is 0.220 e. The Balaban J connectivity index is 1.82. The fraction of sp³-hybridized carbons (Fsp3) is 0.877. The van der Waals surface area contributed by atoms with E-state index in [9.17, 15) is 45.6 Å². The maximum atomic E-state index is 13.2. The lowest BCUT2D eigenvalue weighted by atomic mass is 9.97. The molecule has 9 N–H and O–H groups in total. The molecule has 0 aromatic carbocycles. The number of unbranched alkanes of at least 4 members (excludes halogenated alkanes) is 28. The van der Waals surface area contributed by atoms with Crippen LogP contribution in [0, 0.1) is 0 Å². The number of carbonyl (C=O) groups excluding carboxylic acids is 1. The molecule has 2 rings (SSSR count). The summed E-state index contributed by atoms with van der Waals surface area (Å²) in [6, 6.07) is -0.934. The predicted molar refractivity (Wildman–Crippen MR) is 281 cm³/mol. The van der Waals surface area contributed by atoms with Crippen LogP contribution in [0.3, 0.4) is 0 Å². The average molecular weight is 1010 g/mol. The third-order valence-corrected chi connectivity index (χ3v) is 14.1. The second-order valence-corrected chi connectivity index (χ2v) is 20.4. The van der Waals surface area contributed by atoms with Crippen LogP contribution >= 0.6 is 0 Å². The number of hydrogen-bond donors (Lipinski definition) is 9. The lowest BCUT2D eigenvalue weighted by Crippen LogP contribution is -2.65. The first-order valence-corrected chi connectivity index (χ1v) is 28.7. The Morgan fingerprint density at radius 1 is 0.493 bits per heavy atom. The summed E-state index contributed by atoms with van der Waals surface area (Å²) in [5.74, 6) is -0.251. The fourth-order valence-corrected chi connectivity index (χ4v) is 9.38. The molecule has 0 saturated carbocycles. The van der Waals surface area contributed by atoms with E-state index in [1.165, 1.54) is 148 Å².